The largest absolute Gasteiger partial charge is 0.493 e. The quantitative estimate of drug-likeness (QED) is 0.618. The van der Waals surface area contributed by atoms with Gasteiger partial charge in [0.25, 0.3) is 0 Å². The molecule has 0 bridgehead atoms. The fourth-order valence-electron chi connectivity index (χ4n) is 1.96. The summed E-state index contributed by atoms with van der Waals surface area (Å²) in [6.07, 6.45) is 2.20. The van der Waals surface area contributed by atoms with Gasteiger partial charge in [-0.1, -0.05) is 18.2 Å². The SMILES string of the molecule is COc1cc(/C=C\[N+](=O)[O-])ccc1OCc1ccc(C(=O)O)cc1. The van der Waals surface area contributed by atoms with Gasteiger partial charge in [-0.05, 0) is 35.4 Å². The van der Waals surface area contributed by atoms with Crippen LogP contribution in [0.2, 0.25) is 0 Å². The van der Waals surface area contributed by atoms with Crippen molar-refractivity contribution < 1.29 is 24.3 Å². The average Bonchev–Trinajstić information content (AvgIpc) is 2.58. The van der Waals surface area contributed by atoms with Crippen molar-refractivity contribution in [3.8, 4) is 11.5 Å². The van der Waals surface area contributed by atoms with Crippen LogP contribution in [-0.4, -0.2) is 23.1 Å². The van der Waals surface area contributed by atoms with Gasteiger partial charge in [-0.3, -0.25) is 10.1 Å². The van der Waals surface area contributed by atoms with E-state index < -0.39 is 10.9 Å². The van der Waals surface area contributed by atoms with E-state index in [2.05, 4.69) is 0 Å². The zero-order chi connectivity index (χ0) is 17.5. The Balaban J connectivity index is 2.08. The molecule has 7 heteroatoms. The molecule has 0 aliphatic rings. The van der Waals surface area contributed by atoms with Gasteiger partial charge in [-0.15, -0.1) is 0 Å². The number of ether oxygens (including phenoxy) is 2. The Kier molecular flexibility index (Phi) is 5.51. The normalized spacial score (nSPS) is 10.5. The van der Waals surface area contributed by atoms with E-state index in [4.69, 9.17) is 14.6 Å². The van der Waals surface area contributed by atoms with Crippen molar-refractivity contribution in [1.82, 2.24) is 0 Å². The molecule has 0 aliphatic heterocycles. The fraction of sp³-hybridized carbons (Fsp3) is 0.118. The molecule has 24 heavy (non-hydrogen) atoms. The highest BCUT2D eigenvalue weighted by molar-refractivity contribution is 5.87. The molecule has 0 spiro atoms. The van der Waals surface area contributed by atoms with Crippen LogP contribution in [0.15, 0.2) is 48.7 Å². The minimum absolute atomic E-state index is 0.207. The number of benzene rings is 2. The third-order valence-electron chi connectivity index (χ3n) is 3.17. The highest BCUT2D eigenvalue weighted by atomic mass is 16.6. The van der Waals surface area contributed by atoms with Crippen molar-refractivity contribution in [2.75, 3.05) is 7.11 Å². The number of aromatic carboxylic acids is 1. The van der Waals surface area contributed by atoms with Crippen molar-refractivity contribution in [1.29, 1.82) is 0 Å². The van der Waals surface area contributed by atoms with Crippen LogP contribution in [0.5, 0.6) is 11.5 Å². The zero-order valence-electron chi connectivity index (χ0n) is 12.8. The van der Waals surface area contributed by atoms with Crippen molar-refractivity contribution in [2.45, 2.75) is 6.61 Å². The first-order valence-corrected chi connectivity index (χ1v) is 6.94. The van der Waals surface area contributed by atoms with Crippen LogP contribution in [0.25, 0.3) is 6.08 Å². The van der Waals surface area contributed by atoms with E-state index in [0.29, 0.717) is 17.1 Å². The molecule has 0 saturated heterocycles. The van der Waals surface area contributed by atoms with Gasteiger partial charge < -0.3 is 14.6 Å². The molecule has 0 atom stereocenters. The minimum atomic E-state index is -0.984. The number of hydrogen-bond acceptors (Lipinski definition) is 5. The molecule has 2 aromatic carbocycles. The number of nitro groups is 1. The molecule has 0 heterocycles. The van der Waals surface area contributed by atoms with Crippen molar-refractivity contribution in [2.24, 2.45) is 0 Å². The Morgan fingerprint density at radius 1 is 1.21 bits per heavy atom. The van der Waals surface area contributed by atoms with Gasteiger partial charge in [0.2, 0.25) is 6.20 Å². The first kappa shape index (κ1) is 17.0. The third kappa shape index (κ3) is 4.57. The Labute approximate surface area is 137 Å². The van der Waals surface area contributed by atoms with Gasteiger partial charge in [0.15, 0.2) is 11.5 Å². The summed E-state index contributed by atoms with van der Waals surface area (Å²) >= 11 is 0. The molecular weight excluding hydrogens is 314 g/mol. The molecule has 0 fully saturated rings. The molecule has 7 nitrogen and oxygen atoms in total. The molecule has 0 amide bonds. The van der Waals surface area contributed by atoms with Crippen LogP contribution in [0, 0.1) is 10.1 Å². The Hall–Kier alpha value is -3.35. The maximum atomic E-state index is 10.8. The highest BCUT2D eigenvalue weighted by Crippen LogP contribution is 2.29. The molecule has 0 radical (unpaired) electrons. The Morgan fingerprint density at radius 3 is 2.50 bits per heavy atom. The van der Waals surface area contributed by atoms with Gasteiger partial charge in [0.05, 0.1) is 17.6 Å². The zero-order valence-corrected chi connectivity index (χ0v) is 12.8. The molecule has 0 aliphatic carbocycles. The van der Waals surface area contributed by atoms with E-state index in [1.165, 1.54) is 25.3 Å². The van der Waals surface area contributed by atoms with E-state index >= 15 is 0 Å². The number of nitrogens with zero attached hydrogens (tertiary/aromatic N) is 1. The summed E-state index contributed by atoms with van der Waals surface area (Å²) in [6.45, 7) is 0.236. The predicted molar refractivity (Wildman–Crippen MR) is 86.8 cm³/mol. The standard InChI is InChI=1S/C17H15NO6/c1-23-16-10-12(8-9-18(21)22)4-7-15(16)24-11-13-2-5-14(6-3-13)17(19)20/h2-10H,11H2,1H3,(H,19,20)/b9-8-. The lowest BCUT2D eigenvalue weighted by molar-refractivity contribution is -0.400. The Morgan fingerprint density at radius 2 is 1.92 bits per heavy atom. The van der Waals surface area contributed by atoms with Crippen molar-refractivity contribution in [3.63, 3.8) is 0 Å². The lowest BCUT2D eigenvalue weighted by Crippen LogP contribution is -2.00. The second-order valence-electron chi connectivity index (χ2n) is 4.80. The summed E-state index contributed by atoms with van der Waals surface area (Å²) in [6, 6.07) is 11.3. The third-order valence-corrected chi connectivity index (χ3v) is 3.17. The summed E-state index contributed by atoms with van der Waals surface area (Å²) in [5, 5.41) is 19.2. The van der Waals surface area contributed by atoms with Crippen LogP contribution in [-0.2, 0) is 6.61 Å². The molecule has 124 valence electrons. The molecule has 2 aromatic rings. The first-order chi connectivity index (χ1) is 11.5. The van der Waals surface area contributed by atoms with Gasteiger partial charge in [0.1, 0.15) is 6.61 Å². The summed E-state index contributed by atoms with van der Waals surface area (Å²) in [7, 11) is 1.48. The summed E-state index contributed by atoms with van der Waals surface area (Å²) in [4.78, 5) is 20.6. The number of rotatable bonds is 7. The van der Waals surface area contributed by atoms with Crippen molar-refractivity contribution in [3.05, 3.63) is 75.5 Å². The second kappa shape index (κ2) is 7.77. The predicted octanol–water partition coefficient (Wildman–Crippen LogP) is 3.22. The number of carboxylic acid groups (broad SMARTS) is 1. The van der Waals surface area contributed by atoms with E-state index in [-0.39, 0.29) is 12.2 Å². The number of hydrogen-bond donors (Lipinski definition) is 1. The number of carboxylic acids is 1. The monoisotopic (exact) mass is 329 g/mol. The minimum Gasteiger partial charge on any atom is -0.493 e. The maximum Gasteiger partial charge on any atom is 0.335 e. The van der Waals surface area contributed by atoms with Crippen LogP contribution < -0.4 is 9.47 Å². The topological polar surface area (TPSA) is 98.9 Å². The lowest BCUT2D eigenvalue weighted by atomic mass is 10.1. The fourth-order valence-corrected chi connectivity index (χ4v) is 1.96. The molecule has 0 saturated carbocycles. The molecule has 0 unspecified atom stereocenters. The van der Waals surface area contributed by atoms with E-state index in [1.807, 2.05) is 0 Å². The second-order valence-corrected chi connectivity index (χ2v) is 4.80. The van der Waals surface area contributed by atoms with E-state index in [1.54, 1.807) is 30.3 Å². The van der Waals surface area contributed by atoms with Gasteiger partial charge in [-0.2, -0.15) is 0 Å². The highest BCUT2D eigenvalue weighted by Gasteiger charge is 2.07. The van der Waals surface area contributed by atoms with Crippen LogP contribution in [0.4, 0.5) is 0 Å². The number of methoxy groups -OCH3 is 1. The molecule has 1 N–H and O–H groups in total. The summed E-state index contributed by atoms with van der Waals surface area (Å²) in [5.74, 6) is -0.0526. The maximum absolute atomic E-state index is 10.8. The molecule has 0 aromatic heterocycles. The van der Waals surface area contributed by atoms with Gasteiger partial charge in [0, 0.05) is 6.08 Å². The van der Waals surface area contributed by atoms with Crippen molar-refractivity contribution >= 4 is 12.0 Å². The first-order valence-electron chi connectivity index (χ1n) is 6.94. The summed E-state index contributed by atoms with van der Waals surface area (Å²) in [5.41, 5.74) is 1.62. The number of carbonyl (C=O) groups is 1. The lowest BCUT2D eigenvalue weighted by Gasteiger charge is -2.11. The van der Waals surface area contributed by atoms with Gasteiger partial charge in [-0.25, -0.2) is 4.79 Å². The van der Waals surface area contributed by atoms with E-state index in [0.717, 1.165) is 11.8 Å². The Bertz CT molecular complexity index is 767. The molecular formula is C17H15NO6. The summed E-state index contributed by atoms with van der Waals surface area (Å²) < 4.78 is 10.9. The average molecular weight is 329 g/mol. The van der Waals surface area contributed by atoms with Crippen LogP contribution >= 0.6 is 0 Å². The van der Waals surface area contributed by atoms with Crippen LogP contribution in [0.1, 0.15) is 21.5 Å². The van der Waals surface area contributed by atoms with Crippen LogP contribution in [0.3, 0.4) is 0 Å². The van der Waals surface area contributed by atoms with Gasteiger partial charge >= 0.3 is 5.97 Å². The van der Waals surface area contributed by atoms with E-state index in [9.17, 15) is 14.9 Å². The smallest absolute Gasteiger partial charge is 0.335 e. The molecule has 2 rings (SSSR count).